The van der Waals surface area contributed by atoms with Gasteiger partial charge < -0.3 is 14.6 Å². The summed E-state index contributed by atoms with van der Waals surface area (Å²) in [4.78, 5) is 38.2. The summed E-state index contributed by atoms with van der Waals surface area (Å²) in [7, 11) is 0. The monoisotopic (exact) mass is 487 g/mol. The molecule has 1 amide bonds. The number of thiophene rings is 1. The van der Waals surface area contributed by atoms with Gasteiger partial charge >= 0.3 is 11.7 Å². The van der Waals surface area contributed by atoms with Crippen molar-refractivity contribution >= 4 is 29.3 Å². The zero-order valence-corrected chi connectivity index (χ0v) is 21.1. The number of aromatic hydroxyl groups is 1. The predicted molar refractivity (Wildman–Crippen MR) is 135 cm³/mol. The Balaban J connectivity index is 2.16. The average Bonchev–Trinajstić information content (AvgIpc) is 3.10. The van der Waals surface area contributed by atoms with Gasteiger partial charge in [-0.05, 0) is 68.7 Å². The van der Waals surface area contributed by atoms with Crippen molar-refractivity contribution < 1.29 is 24.2 Å². The van der Waals surface area contributed by atoms with Gasteiger partial charge in [0.25, 0.3) is 0 Å². The molecule has 3 N–H and O–H groups in total. The van der Waals surface area contributed by atoms with Gasteiger partial charge in [0.05, 0.1) is 0 Å². The Bertz CT molecular complexity index is 1140. The first-order valence-corrected chi connectivity index (χ1v) is 12.1. The van der Waals surface area contributed by atoms with Gasteiger partial charge in [0, 0.05) is 27.9 Å². The number of carbonyl (C=O) groups excluding carboxylic acids is 1. The number of Topliss-reactive ketones (excluding diaryl/α,β-unsaturated/α-hetero) is 1. The molecule has 1 unspecified atom stereocenters. The zero-order valence-electron chi connectivity index (χ0n) is 20.3. The maximum atomic E-state index is 13.0. The van der Waals surface area contributed by atoms with Gasteiger partial charge in [-0.2, -0.15) is 0 Å². The Morgan fingerprint density at radius 1 is 1.21 bits per heavy atom. The minimum absolute atomic E-state index is 0.216. The van der Waals surface area contributed by atoms with Gasteiger partial charge in [-0.3, -0.25) is 10.1 Å². The predicted octanol–water partition coefficient (Wildman–Crippen LogP) is 6.26. The van der Waals surface area contributed by atoms with Crippen LogP contribution in [-0.2, 0) is 6.42 Å². The molecule has 0 spiro atoms. The first kappa shape index (κ1) is 27.1. The fraction of sp³-hybridized carbons (Fsp3) is 0.423. The fourth-order valence-electron chi connectivity index (χ4n) is 3.37. The molecule has 0 aliphatic heterocycles. The molecule has 0 bridgehead atoms. The third-order valence-electron chi connectivity index (χ3n) is 5.43. The molecule has 7 nitrogen and oxygen atoms in total. The van der Waals surface area contributed by atoms with Gasteiger partial charge in [-0.15, -0.1) is 11.3 Å². The van der Waals surface area contributed by atoms with Crippen molar-refractivity contribution in [1.82, 2.24) is 5.32 Å². The summed E-state index contributed by atoms with van der Waals surface area (Å²) in [5.41, 5.74) is 0.177. The molecular weight excluding hydrogens is 454 g/mol. The van der Waals surface area contributed by atoms with Crippen LogP contribution in [-0.4, -0.2) is 22.1 Å². The number of ketones is 1. The highest BCUT2D eigenvalue weighted by molar-refractivity contribution is 7.13. The van der Waals surface area contributed by atoms with Crippen LogP contribution < -0.4 is 10.9 Å². The van der Waals surface area contributed by atoms with Crippen LogP contribution in [0.15, 0.2) is 39.2 Å². The lowest BCUT2D eigenvalue weighted by atomic mass is 9.99. The molecule has 0 saturated heterocycles. The van der Waals surface area contributed by atoms with Gasteiger partial charge in [0.15, 0.2) is 5.78 Å². The molecule has 34 heavy (non-hydrogen) atoms. The number of hydrogen-bond acceptors (Lipinski definition) is 6. The summed E-state index contributed by atoms with van der Waals surface area (Å²) >= 11 is 1.63. The highest BCUT2D eigenvalue weighted by Gasteiger charge is 2.22. The van der Waals surface area contributed by atoms with Crippen LogP contribution >= 0.6 is 11.3 Å². The smallest absolute Gasteiger partial charge is 0.408 e. The summed E-state index contributed by atoms with van der Waals surface area (Å²) in [6.45, 7) is 9.81. The van der Waals surface area contributed by atoms with Crippen molar-refractivity contribution in [3.05, 3.63) is 67.0 Å². The van der Waals surface area contributed by atoms with Crippen LogP contribution in [0.1, 0.15) is 84.3 Å². The van der Waals surface area contributed by atoms with E-state index in [2.05, 4.69) is 25.2 Å². The minimum Gasteiger partial charge on any atom is -0.507 e. The SMILES string of the molecule is CC(=Cc1sc(CCC(C)C)cc1C)C(=O)c1c(O)cc(C(C)CCC=CNC(=O)O)oc1=O. The molecule has 184 valence electrons. The van der Waals surface area contributed by atoms with E-state index in [1.807, 2.05) is 13.8 Å². The standard InChI is InChI=1S/C26H33NO6S/c1-15(2)9-10-19-12-17(4)22(34-19)13-18(5)24(29)23-20(28)14-21(33-25(23)30)16(3)8-6-7-11-27-26(31)32/h7,11-16,27-28H,6,8-10H2,1-5H3,(H,31,32). The van der Waals surface area contributed by atoms with E-state index in [1.165, 1.54) is 17.1 Å². The van der Waals surface area contributed by atoms with E-state index in [9.17, 15) is 19.5 Å². The van der Waals surface area contributed by atoms with E-state index in [0.29, 0.717) is 24.3 Å². The highest BCUT2D eigenvalue weighted by Crippen LogP contribution is 2.29. The molecule has 0 radical (unpaired) electrons. The summed E-state index contributed by atoms with van der Waals surface area (Å²) < 4.78 is 5.36. The van der Waals surface area contributed by atoms with Crippen LogP contribution in [0, 0.1) is 12.8 Å². The van der Waals surface area contributed by atoms with E-state index in [4.69, 9.17) is 9.52 Å². The number of allylic oxidation sites excluding steroid dienone is 2. The summed E-state index contributed by atoms with van der Waals surface area (Å²) in [5, 5.41) is 21.1. The van der Waals surface area contributed by atoms with Crippen LogP contribution in [0.2, 0.25) is 0 Å². The number of nitrogens with one attached hydrogen (secondary N) is 1. The van der Waals surface area contributed by atoms with Gasteiger partial charge in [0.2, 0.25) is 0 Å². The topological polar surface area (TPSA) is 117 Å². The van der Waals surface area contributed by atoms with Crippen molar-refractivity contribution in [2.24, 2.45) is 5.92 Å². The number of rotatable bonds is 11. The Morgan fingerprint density at radius 3 is 2.53 bits per heavy atom. The number of hydrogen-bond donors (Lipinski definition) is 3. The van der Waals surface area contributed by atoms with Crippen molar-refractivity contribution in [1.29, 1.82) is 0 Å². The van der Waals surface area contributed by atoms with Crippen molar-refractivity contribution in [3.63, 3.8) is 0 Å². The lowest BCUT2D eigenvalue weighted by Gasteiger charge is -2.11. The minimum atomic E-state index is -1.15. The summed E-state index contributed by atoms with van der Waals surface area (Å²) in [6, 6.07) is 3.44. The van der Waals surface area contributed by atoms with Gasteiger partial charge in [-0.25, -0.2) is 9.59 Å². The van der Waals surface area contributed by atoms with E-state index < -0.39 is 23.3 Å². The van der Waals surface area contributed by atoms with E-state index in [1.54, 1.807) is 30.4 Å². The Labute approximate surface area is 203 Å². The summed E-state index contributed by atoms with van der Waals surface area (Å²) in [5.74, 6) is -0.303. The zero-order chi connectivity index (χ0) is 25.4. The molecule has 2 heterocycles. The Hall–Kier alpha value is -3.13. The molecule has 0 fully saturated rings. The molecule has 0 saturated carbocycles. The second kappa shape index (κ2) is 12.4. The molecule has 0 aliphatic carbocycles. The largest absolute Gasteiger partial charge is 0.507 e. The van der Waals surface area contributed by atoms with Crippen molar-refractivity contribution in [3.8, 4) is 5.75 Å². The first-order valence-electron chi connectivity index (χ1n) is 11.3. The molecule has 1 atom stereocenters. The molecule has 2 aromatic heterocycles. The molecule has 8 heteroatoms. The third-order valence-corrected chi connectivity index (χ3v) is 6.68. The van der Waals surface area contributed by atoms with Crippen LogP contribution in [0.3, 0.4) is 0 Å². The molecule has 0 aromatic carbocycles. The quantitative estimate of drug-likeness (QED) is 0.255. The number of carbonyl (C=O) groups is 2. The second-order valence-corrected chi connectivity index (χ2v) is 10.0. The average molecular weight is 488 g/mol. The maximum Gasteiger partial charge on any atom is 0.408 e. The Morgan fingerprint density at radius 2 is 1.91 bits per heavy atom. The normalized spacial score (nSPS) is 12.9. The fourth-order valence-corrected chi connectivity index (χ4v) is 4.57. The molecule has 0 aliphatic rings. The van der Waals surface area contributed by atoms with Crippen molar-refractivity contribution in [2.45, 2.75) is 66.2 Å². The first-order chi connectivity index (χ1) is 16.0. The molecule has 2 aromatic rings. The van der Waals surface area contributed by atoms with Crippen molar-refractivity contribution in [2.75, 3.05) is 0 Å². The number of carboxylic acid groups (broad SMARTS) is 1. The van der Waals surface area contributed by atoms with Crippen LogP contribution in [0.25, 0.3) is 6.08 Å². The lowest BCUT2D eigenvalue weighted by molar-refractivity contribution is 0.102. The third kappa shape index (κ3) is 7.73. The highest BCUT2D eigenvalue weighted by atomic mass is 32.1. The maximum absolute atomic E-state index is 13.0. The van der Waals surface area contributed by atoms with Gasteiger partial charge in [0.1, 0.15) is 17.1 Å². The molecule has 2 rings (SSSR count). The van der Waals surface area contributed by atoms with Crippen LogP contribution in [0.5, 0.6) is 5.75 Å². The number of aryl methyl sites for hydroxylation is 2. The molecular formula is C26H33NO6S. The van der Waals surface area contributed by atoms with Gasteiger partial charge in [-0.1, -0.05) is 26.8 Å². The van der Waals surface area contributed by atoms with Crippen LogP contribution in [0.4, 0.5) is 4.79 Å². The van der Waals surface area contributed by atoms with E-state index in [0.717, 1.165) is 23.3 Å². The van der Waals surface area contributed by atoms with E-state index in [-0.39, 0.29) is 17.2 Å². The summed E-state index contributed by atoms with van der Waals surface area (Å²) in [6.07, 6.45) is 6.75. The number of amides is 1. The second-order valence-electron chi connectivity index (χ2n) is 8.88. The Kier molecular flexibility index (Phi) is 9.86. The lowest BCUT2D eigenvalue weighted by Crippen LogP contribution is -2.16. The van der Waals surface area contributed by atoms with E-state index >= 15 is 0 Å².